The number of hydrogen-bond donors (Lipinski definition) is 1. The first-order chi connectivity index (χ1) is 8.62. The number of allylic oxidation sites excluding steroid dienone is 1. The Morgan fingerprint density at radius 3 is 2.22 bits per heavy atom. The van der Waals surface area contributed by atoms with Gasteiger partial charge in [0.25, 0.3) is 0 Å². The van der Waals surface area contributed by atoms with E-state index in [4.69, 9.17) is 10.5 Å². The Balaban J connectivity index is 3.12. The molecule has 0 heterocycles. The van der Waals surface area contributed by atoms with Crippen LogP contribution in [0.3, 0.4) is 0 Å². The Kier molecular flexibility index (Phi) is 5.43. The van der Waals surface area contributed by atoms with E-state index in [0.29, 0.717) is 5.92 Å². The van der Waals surface area contributed by atoms with Gasteiger partial charge in [-0.2, -0.15) is 0 Å². The van der Waals surface area contributed by atoms with Gasteiger partial charge in [-0.05, 0) is 42.0 Å². The highest BCUT2D eigenvalue weighted by Crippen LogP contribution is 2.29. The largest absolute Gasteiger partial charge is 0.497 e. The topological polar surface area (TPSA) is 52.3 Å². The van der Waals surface area contributed by atoms with Crippen molar-refractivity contribution in [1.82, 2.24) is 0 Å². The molecule has 18 heavy (non-hydrogen) atoms. The standard InChI is InChI=1S/C15H21NO2/c1-4-11(5-2)14(10-15(16)17)12-6-8-13(18-3)9-7-12/h6-11H,4-5H2,1-3H3,(H2,16,17). The van der Waals surface area contributed by atoms with Crippen molar-refractivity contribution in [1.29, 1.82) is 0 Å². The second-order valence-corrected chi connectivity index (χ2v) is 4.24. The molecule has 0 radical (unpaired) electrons. The molecular weight excluding hydrogens is 226 g/mol. The smallest absolute Gasteiger partial charge is 0.241 e. The van der Waals surface area contributed by atoms with Crippen molar-refractivity contribution >= 4 is 11.5 Å². The lowest BCUT2D eigenvalue weighted by molar-refractivity contribution is -0.113. The summed E-state index contributed by atoms with van der Waals surface area (Å²) in [6.07, 6.45) is 3.52. The molecule has 3 nitrogen and oxygen atoms in total. The van der Waals surface area contributed by atoms with Crippen molar-refractivity contribution < 1.29 is 9.53 Å². The van der Waals surface area contributed by atoms with Gasteiger partial charge in [-0.15, -0.1) is 0 Å². The first-order valence-corrected chi connectivity index (χ1v) is 6.27. The van der Waals surface area contributed by atoms with Gasteiger partial charge < -0.3 is 10.5 Å². The maximum atomic E-state index is 11.2. The van der Waals surface area contributed by atoms with Crippen LogP contribution in [0.15, 0.2) is 30.3 Å². The van der Waals surface area contributed by atoms with E-state index in [2.05, 4.69) is 13.8 Å². The van der Waals surface area contributed by atoms with Gasteiger partial charge in [0.05, 0.1) is 7.11 Å². The number of benzene rings is 1. The first-order valence-electron chi connectivity index (χ1n) is 6.27. The zero-order chi connectivity index (χ0) is 13.5. The number of hydrogen-bond acceptors (Lipinski definition) is 2. The van der Waals surface area contributed by atoms with E-state index in [9.17, 15) is 4.79 Å². The first kappa shape index (κ1) is 14.3. The quantitative estimate of drug-likeness (QED) is 0.786. The molecule has 1 aromatic carbocycles. The second kappa shape index (κ2) is 6.84. The van der Waals surface area contributed by atoms with Gasteiger partial charge >= 0.3 is 0 Å². The van der Waals surface area contributed by atoms with E-state index >= 15 is 0 Å². The van der Waals surface area contributed by atoms with E-state index in [-0.39, 0.29) is 0 Å². The molecule has 1 amide bonds. The van der Waals surface area contributed by atoms with Crippen molar-refractivity contribution in [3.8, 4) is 5.75 Å². The summed E-state index contributed by atoms with van der Waals surface area (Å²) >= 11 is 0. The van der Waals surface area contributed by atoms with Crippen molar-refractivity contribution in [2.24, 2.45) is 11.7 Å². The number of ether oxygens (including phenoxy) is 1. The lowest BCUT2D eigenvalue weighted by atomic mass is 9.88. The second-order valence-electron chi connectivity index (χ2n) is 4.24. The number of nitrogens with two attached hydrogens (primary N) is 1. The molecule has 1 rings (SSSR count). The molecular formula is C15H21NO2. The average molecular weight is 247 g/mol. The van der Waals surface area contributed by atoms with Crippen molar-refractivity contribution in [3.05, 3.63) is 35.9 Å². The minimum atomic E-state index is -0.396. The predicted octanol–water partition coefficient (Wildman–Crippen LogP) is 3.00. The maximum absolute atomic E-state index is 11.2. The third-order valence-electron chi connectivity index (χ3n) is 3.15. The third kappa shape index (κ3) is 3.62. The van der Waals surface area contributed by atoms with Crippen LogP contribution in [-0.4, -0.2) is 13.0 Å². The number of methoxy groups -OCH3 is 1. The maximum Gasteiger partial charge on any atom is 0.241 e. The van der Waals surface area contributed by atoms with Crippen molar-refractivity contribution in [3.63, 3.8) is 0 Å². The highest BCUT2D eigenvalue weighted by atomic mass is 16.5. The third-order valence-corrected chi connectivity index (χ3v) is 3.15. The van der Waals surface area contributed by atoms with Gasteiger partial charge in [0.15, 0.2) is 0 Å². The van der Waals surface area contributed by atoms with Gasteiger partial charge in [0, 0.05) is 6.08 Å². The van der Waals surface area contributed by atoms with Crippen LogP contribution in [0.5, 0.6) is 5.75 Å². The summed E-state index contributed by atoms with van der Waals surface area (Å²) in [5, 5.41) is 0. The predicted molar refractivity (Wildman–Crippen MR) is 74.2 cm³/mol. The van der Waals surface area contributed by atoms with E-state index in [0.717, 1.165) is 29.7 Å². The van der Waals surface area contributed by atoms with E-state index in [1.54, 1.807) is 13.2 Å². The molecule has 0 saturated heterocycles. The Bertz CT molecular complexity index is 417. The molecule has 2 N–H and O–H groups in total. The molecule has 1 aromatic rings. The van der Waals surface area contributed by atoms with Gasteiger partial charge in [-0.3, -0.25) is 4.79 Å². The number of amides is 1. The Morgan fingerprint density at radius 2 is 1.83 bits per heavy atom. The van der Waals surface area contributed by atoms with Gasteiger partial charge in [-0.25, -0.2) is 0 Å². The van der Waals surface area contributed by atoms with Gasteiger partial charge in [-0.1, -0.05) is 26.0 Å². The van der Waals surface area contributed by atoms with Crippen LogP contribution in [-0.2, 0) is 4.79 Å². The molecule has 0 unspecified atom stereocenters. The van der Waals surface area contributed by atoms with Crippen LogP contribution in [0.25, 0.3) is 5.57 Å². The summed E-state index contributed by atoms with van der Waals surface area (Å²) in [6.45, 7) is 4.24. The molecule has 0 bridgehead atoms. The Hall–Kier alpha value is -1.77. The molecule has 3 heteroatoms. The SMILES string of the molecule is CCC(CC)C(=CC(N)=O)c1ccc(OC)cc1. The fourth-order valence-electron chi connectivity index (χ4n) is 2.10. The molecule has 0 aromatic heterocycles. The fraction of sp³-hybridized carbons (Fsp3) is 0.400. The molecule has 0 aliphatic carbocycles. The zero-order valence-corrected chi connectivity index (χ0v) is 11.3. The van der Waals surface area contributed by atoms with Crippen LogP contribution in [0.4, 0.5) is 0 Å². The van der Waals surface area contributed by atoms with Crippen LogP contribution >= 0.6 is 0 Å². The molecule has 98 valence electrons. The van der Waals surface area contributed by atoms with Gasteiger partial charge in [0.2, 0.25) is 5.91 Å². The van der Waals surface area contributed by atoms with Crippen LogP contribution in [0.2, 0.25) is 0 Å². The molecule has 0 fully saturated rings. The number of carbonyl (C=O) groups excluding carboxylic acids is 1. The zero-order valence-electron chi connectivity index (χ0n) is 11.3. The van der Waals surface area contributed by atoms with Crippen LogP contribution in [0, 0.1) is 5.92 Å². The number of rotatable bonds is 6. The summed E-state index contributed by atoms with van der Waals surface area (Å²) in [6, 6.07) is 7.72. The molecule has 0 aliphatic rings. The van der Waals surface area contributed by atoms with Crippen molar-refractivity contribution in [2.45, 2.75) is 26.7 Å². The highest BCUT2D eigenvalue weighted by Gasteiger charge is 2.13. The van der Waals surface area contributed by atoms with Crippen molar-refractivity contribution in [2.75, 3.05) is 7.11 Å². The summed E-state index contributed by atoms with van der Waals surface area (Å²) in [4.78, 5) is 11.2. The van der Waals surface area contributed by atoms with Gasteiger partial charge in [0.1, 0.15) is 5.75 Å². The highest BCUT2D eigenvalue weighted by molar-refractivity contribution is 5.94. The summed E-state index contributed by atoms with van der Waals surface area (Å²) in [7, 11) is 1.63. The van der Waals surface area contributed by atoms with E-state index in [1.165, 1.54) is 0 Å². The Labute approximate surface area is 109 Å². The lowest BCUT2D eigenvalue weighted by Gasteiger charge is -2.17. The molecule has 0 spiro atoms. The Morgan fingerprint density at radius 1 is 1.28 bits per heavy atom. The van der Waals surface area contributed by atoms with E-state index < -0.39 is 5.91 Å². The molecule has 0 aliphatic heterocycles. The minimum absolute atomic E-state index is 0.353. The van der Waals surface area contributed by atoms with E-state index in [1.807, 2.05) is 24.3 Å². The minimum Gasteiger partial charge on any atom is -0.497 e. The lowest BCUT2D eigenvalue weighted by Crippen LogP contribution is -2.10. The van der Waals surface area contributed by atoms with Crippen LogP contribution in [0.1, 0.15) is 32.3 Å². The molecule has 0 saturated carbocycles. The molecule has 0 atom stereocenters. The normalized spacial score (nSPS) is 11.7. The monoisotopic (exact) mass is 247 g/mol. The number of primary amides is 1. The van der Waals surface area contributed by atoms with Crippen LogP contribution < -0.4 is 10.5 Å². The fourth-order valence-corrected chi connectivity index (χ4v) is 2.10. The summed E-state index contributed by atoms with van der Waals surface area (Å²) in [5.41, 5.74) is 7.33. The summed E-state index contributed by atoms with van der Waals surface area (Å²) in [5.74, 6) is 0.764. The average Bonchev–Trinajstić information content (AvgIpc) is 2.38. The number of carbonyl (C=O) groups is 1. The summed E-state index contributed by atoms with van der Waals surface area (Å²) < 4.78 is 5.13.